The van der Waals surface area contributed by atoms with Crippen molar-refractivity contribution in [3.8, 4) is 11.8 Å². The smallest absolute Gasteiger partial charge is 0.174 e. The monoisotopic (exact) mass is 282 g/mol. The second-order valence-electron chi connectivity index (χ2n) is 4.71. The van der Waals surface area contributed by atoms with Crippen LogP contribution in [0.2, 0.25) is 0 Å². The van der Waals surface area contributed by atoms with Gasteiger partial charge in [0.25, 0.3) is 0 Å². The van der Waals surface area contributed by atoms with Crippen molar-refractivity contribution in [2.45, 2.75) is 6.54 Å². The number of pyridine rings is 1. The maximum Gasteiger partial charge on any atom is 0.174 e. The standard InChI is InChI=1S/C16H18N4O/c1-20(2)16-15(4-3-10-18-16)19-12-13-5-7-14(8-6-13)21-11-9-17/h3-8,10,19H,11-12H2,1-2H3. The molecule has 5 nitrogen and oxygen atoms in total. The molecule has 0 saturated heterocycles. The molecule has 0 aliphatic rings. The summed E-state index contributed by atoms with van der Waals surface area (Å²) in [5.41, 5.74) is 2.13. The van der Waals surface area contributed by atoms with Crippen molar-refractivity contribution >= 4 is 11.5 Å². The number of nitrogens with zero attached hydrogens (tertiary/aromatic N) is 3. The lowest BCUT2D eigenvalue weighted by molar-refractivity contribution is 0.368. The van der Waals surface area contributed by atoms with Crippen LogP contribution >= 0.6 is 0 Å². The van der Waals surface area contributed by atoms with Gasteiger partial charge in [0.15, 0.2) is 12.4 Å². The van der Waals surface area contributed by atoms with Crippen molar-refractivity contribution in [2.24, 2.45) is 0 Å². The van der Waals surface area contributed by atoms with E-state index in [1.165, 1.54) is 0 Å². The molecule has 1 aromatic heterocycles. The van der Waals surface area contributed by atoms with E-state index in [4.69, 9.17) is 10.00 Å². The molecular formula is C16H18N4O. The highest BCUT2D eigenvalue weighted by Gasteiger charge is 2.04. The molecule has 0 atom stereocenters. The minimum Gasteiger partial charge on any atom is -0.479 e. The van der Waals surface area contributed by atoms with Gasteiger partial charge in [-0.25, -0.2) is 4.98 Å². The van der Waals surface area contributed by atoms with Crippen LogP contribution in [-0.4, -0.2) is 25.7 Å². The van der Waals surface area contributed by atoms with Crippen LogP contribution in [0.5, 0.6) is 5.75 Å². The number of benzene rings is 1. The number of hydrogen-bond donors (Lipinski definition) is 1. The highest BCUT2D eigenvalue weighted by molar-refractivity contribution is 5.64. The van der Waals surface area contributed by atoms with E-state index in [9.17, 15) is 0 Å². The van der Waals surface area contributed by atoms with Gasteiger partial charge >= 0.3 is 0 Å². The lowest BCUT2D eigenvalue weighted by Crippen LogP contribution is -2.13. The first-order chi connectivity index (χ1) is 10.2. The van der Waals surface area contributed by atoms with Crippen LogP contribution in [0.25, 0.3) is 0 Å². The number of nitrogens with one attached hydrogen (secondary N) is 1. The van der Waals surface area contributed by atoms with E-state index in [2.05, 4.69) is 10.3 Å². The molecule has 0 saturated carbocycles. The first-order valence-corrected chi connectivity index (χ1v) is 6.65. The van der Waals surface area contributed by atoms with Crippen LogP contribution in [-0.2, 0) is 6.54 Å². The number of nitriles is 1. The van der Waals surface area contributed by atoms with Gasteiger partial charge in [0, 0.05) is 26.8 Å². The molecule has 0 unspecified atom stereocenters. The average molecular weight is 282 g/mol. The van der Waals surface area contributed by atoms with Gasteiger partial charge in [0.1, 0.15) is 11.8 Å². The Hall–Kier alpha value is -2.74. The summed E-state index contributed by atoms with van der Waals surface area (Å²) in [4.78, 5) is 6.32. The van der Waals surface area contributed by atoms with Gasteiger partial charge in [-0.05, 0) is 29.8 Å². The quantitative estimate of drug-likeness (QED) is 0.882. The van der Waals surface area contributed by atoms with Crippen LogP contribution in [0.4, 0.5) is 11.5 Å². The Morgan fingerprint density at radius 2 is 2.00 bits per heavy atom. The van der Waals surface area contributed by atoms with E-state index >= 15 is 0 Å². The molecule has 0 amide bonds. The molecule has 0 aliphatic heterocycles. The molecule has 1 heterocycles. The summed E-state index contributed by atoms with van der Waals surface area (Å²) in [5.74, 6) is 1.61. The van der Waals surface area contributed by atoms with Crippen LogP contribution in [0.15, 0.2) is 42.6 Å². The molecule has 21 heavy (non-hydrogen) atoms. The van der Waals surface area contributed by atoms with Crippen molar-refractivity contribution in [2.75, 3.05) is 30.9 Å². The van der Waals surface area contributed by atoms with Crippen LogP contribution in [0.3, 0.4) is 0 Å². The third-order valence-electron chi connectivity index (χ3n) is 2.92. The summed E-state index contributed by atoms with van der Waals surface area (Å²) < 4.78 is 5.23. The molecule has 0 radical (unpaired) electrons. The van der Waals surface area contributed by atoms with E-state index in [1.807, 2.05) is 61.5 Å². The number of anilines is 2. The molecule has 5 heteroatoms. The van der Waals surface area contributed by atoms with E-state index in [0.29, 0.717) is 12.3 Å². The highest BCUT2D eigenvalue weighted by atomic mass is 16.5. The van der Waals surface area contributed by atoms with Crippen molar-refractivity contribution < 1.29 is 4.74 Å². The Labute approximate surface area is 124 Å². The molecule has 108 valence electrons. The van der Waals surface area contributed by atoms with Gasteiger partial charge in [-0.15, -0.1) is 0 Å². The predicted octanol–water partition coefficient (Wildman–Crippen LogP) is 2.66. The normalized spacial score (nSPS) is 9.76. The fourth-order valence-corrected chi connectivity index (χ4v) is 1.91. The Morgan fingerprint density at radius 1 is 1.24 bits per heavy atom. The summed E-state index contributed by atoms with van der Waals surface area (Å²) in [7, 11) is 3.93. The Kier molecular flexibility index (Phi) is 4.99. The number of rotatable bonds is 6. The molecule has 2 rings (SSSR count). The Balaban J connectivity index is 1.99. The third-order valence-corrected chi connectivity index (χ3v) is 2.92. The van der Waals surface area contributed by atoms with E-state index in [-0.39, 0.29) is 6.61 Å². The summed E-state index contributed by atoms with van der Waals surface area (Å²) in [5, 5.41) is 11.8. The van der Waals surface area contributed by atoms with Crippen molar-refractivity contribution in [3.05, 3.63) is 48.2 Å². The molecule has 1 N–H and O–H groups in total. The maximum absolute atomic E-state index is 8.47. The Morgan fingerprint density at radius 3 is 2.67 bits per heavy atom. The SMILES string of the molecule is CN(C)c1ncccc1NCc1ccc(OCC#N)cc1. The molecule has 0 spiro atoms. The van der Waals surface area contributed by atoms with Crippen molar-refractivity contribution in [1.82, 2.24) is 4.98 Å². The third kappa shape index (κ3) is 4.11. The average Bonchev–Trinajstić information content (AvgIpc) is 2.52. The van der Waals surface area contributed by atoms with Gasteiger partial charge in [-0.1, -0.05) is 12.1 Å². The summed E-state index contributed by atoms with van der Waals surface area (Å²) in [6.07, 6.45) is 1.78. The summed E-state index contributed by atoms with van der Waals surface area (Å²) in [6.45, 7) is 0.768. The van der Waals surface area contributed by atoms with E-state index < -0.39 is 0 Å². The van der Waals surface area contributed by atoms with Gasteiger partial charge in [0.05, 0.1) is 5.69 Å². The lowest BCUT2D eigenvalue weighted by atomic mass is 10.2. The zero-order chi connectivity index (χ0) is 15.1. The number of hydrogen-bond acceptors (Lipinski definition) is 5. The van der Waals surface area contributed by atoms with Gasteiger partial charge < -0.3 is 15.0 Å². The molecule has 2 aromatic rings. The van der Waals surface area contributed by atoms with Crippen molar-refractivity contribution in [3.63, 3.8) is 0 Å². The van der Waals surface area contributed by atoms with E-state index in [1.54, 1.807) is 6.20 Å². The van der Waals surface area contributed by atoms with Crippen molar-refractivity contribution in [1.29, 1.82) is 5.26 Å². The zero-order valence-electron chi connectivity index (χ0n) is 12.2. The molecule has 0 aliphatic carbocycles. The van der Waals surface area contributed by atoms with Gasteiger partial charge in [-0.3, -0.25) is 0 Å². The Bertz CT molecular complexity index is 617. The predicted molar refractivity (Wildman–Crippen MR) is 83.4 cm³/mol. The minimum atomic E-state index is 0.0689. The first kappa shape index (κ1) is 14.7. The van der Waals surface area contributed by atoms with Gasteiger partial charge in [0.2, 0.25) is 0 Å². The van der Waals surface area contributed by atoms with Gasteiger partial charge in [-0.2, -0.15) is 5.26 Å². The fourth-order valence-electron chi connectivity index (χ4n) is 1.91. The zero-order valence-corrected chi connectivity index (χ0v) is 12.2. The molecule has 1 aromatic carbocycles. The van der Waals surface area contributed by atoms with Crippen LogP contribution in [0.1, 0.15) is 5.56 Å². The minimum absolute atomic E-state index is 0.0689. The summed E-state index contributed by atoms with van der Waals surface area (Å²) >= 11 is 0. The van der Waals surface area contributed by atoms with E-state index in [0.717, 1.165) is 17.1 Å². The maximum atomic E-state index is 8.47. The van der Waals surface area contributed by atoms with Crippen LogP contribution in [0, 0.1) is 11.3 Å². The topological polar surface area (TPSA) is 61.2 Å². The largest absolute Gasteiger partial charge is 0.479 e. The second-order valence-corrected chi connectivity index (χ2v) is 4.71. The summed E-state index contributed by atoms with van der Waals surface area (Å²) in [6, 6.07) is 13.6. The second kappa shape index (κ2) is 7.15. The fraction of sp³-hybridized carbons (Fsp3) is 0.250. The molecule has 0 bridgehead atoms. The lowest BCUT2D eigenvalue weighted by Gasteiger charge is -2.17. The molecular weight excluding hydrogens is 264 g/mol. The number of aromatic nitrogens is 1. The number of ether oxygens (including phenoxy) is 1. The molecule has 0 fully saturated rings. The van der Waals surface area contributed by atoms with Crippen LogP contribution < -0.4 is 15.0 Å². The first-order valence-electron chi connectivity index (χ1n) is 6.65. The highest BCUT2D eigenvalue weighted by Crippen LogP contribution is 2.21.